The van der Waals surface area contributed by atoms with Crippen molar-refractivity contribution in [3.63, 3.8) is 0 Å². The highest BCUT2D eigenvalue weighted by atomic mass is 16.5. The maximum atomic E-state index is 12.5. The van der Waals surface area contributed by atoms with Crippen molar-refractivity contribution in [1.29, 1.82) is 0 Å². The fourth-order valence-electron chi connectivity index (χ4n) is 4.50. The second-order valence-electron chi connectivity index (χ2n) is 8.78. The minimum Gasteiger partial charge on any atom is -0.484 e. The molecule has 0 saturated carbocycles. The van der Waals surface area contributed by atoms with Gasteiger partial charge in [0.05, 0.1) is 12.2 Å². The van der Waals surface area contributed by atoms with E-state index in [1.54, 1.807) is 0 Å². The molecule has 5 nitrogen and oxygen atoms in total. The first kappa shape index (κ1) is 21.8. The summed E-state index contributed by atoms with van der Waals surface area (Å²) in [7, 11) is 0. The molecule has 2 aromatic carbocycles. The van der Waals surface area contributed by atoms with Gasteiger partial charge in [0.1, 0.15) is 5.75 Å². The standard InChI is InChI=1S/C26H34N2O3/c1-21-6-5-9-25(18-21)30-20-26(29)28-16-12-24(13-17-28)31-23-10-14-27(15-11-23)19-22-7-3-2-4-8-22/h2-9,18,23-24H,10-17,19-20H2,1H3. The number of nitrogens with zero attached hydrogens (tertiary/aromatic N) is 2. The van der Waals surface area contributed by atoms with Crippen LogP contribution in [0.3, 0.4) is 0 Å². The molecule has 0 bridgehead atoms. The van der Waals surface area contributed by atoms with Crippen LogP contribution in [0.25, 0.3) is 0 Å². The Kier molecular flexibility index (Phi) is 7.60. The Bertz CT molecular complexity index is 826. The number of hydrogen-bond donors (Lipinski definition) is 0. The zero-order chi connectivity index (χ0) is 21.5. The molecule has 0 radical (unpaired) electrons. The highest BCUT2D eigenvalue weighted by molar-refractivity contribution is 5.77. The number of ether oxygens (including phenoxy) is 2. The van der Waals surface area contributed by atoms with Crippen LogP contribution in [0.4, 0.5) is 0 Å². The van der Waals surface area contributed by atoms with Crippen molar-refractivity contribution in [2.45, 2.75) is 51.4 Å². The van der Waals surface area contributed by atoms with Crippen molar-refractivity contribution in [2.24, 2.45) is 0 Å². The van der Waals surface area contributed by atoms with Gasteiger partial charge in [-0.1, -0.05) is 42.5 Å². The van der Waals surface area contributed by atoms with Gasteiger partial charge in [-0.2, -0.15) is 0 Å². The number of rotatable bonds is 7. The van der Waals surface area contributed by atoms with Gasteiger partial charge in [0, 0.05) is 32.7 Å². The quantitative estimate of drug-likeness (QED) is 0.675. The number of aryl methyl sites for hydroxylation is 1. The lowest BCUT2D eigenvalue weighted by Gasteiger charge is -2.37. The number of amides is 1. The van der Waals surface area contributed by atoms with Crippen LogP contribution >= 0.6 is 0 Å². The second-order valence-corrected chi connectivity index (χ2v) is 8.78. The molecule has 0 spiro atoms. The Labute approximate surface area is 185 Å². The number of carbonyl (C=O) groups excluding carboxylic acids is 1. The van der Waals surface area contributed by atoms with E-state index in [9.17, 15) is 4.79 Å². The highest BCUT2D eigenvalue weighted by Gasteiger charge is 2.27. The Balaban J connectivity index is 1.13. The van der Waals surface area contributed by atoms with Crippen LogP contribution in [0.5, 0.6) is 5.75 Å². The predicted octanol–water partition coefficient (Wildman–Crippen LogP) is 4.05. The van der Waals surface area contributed by atoms with Crippen LogP contribution in [0, 0.1) is 6.92 Å². The SMILES string of the molecule is Cc1cccc(OCC(=O)N2CCC(OC3CCN(Cc4ccccc4)CC3)CC2)c1. The minimum atomic E-state index is 0.0641. The largest absolute Gasteiger partial charge is 0.484 e. The molecule has 0 N–H and O–H groups in total. The number of benzene rings is 2. The molecule has 0 aliphatic carbocycles. The molecule has 2 saturated heterocycles. The van der Waals surface area contributed by atoms with E-state index < -0.39 is 0 Å². The fourth-order valence-corrected chi connectivity index (χ4v) is 4.50. The van der Waals surface area contributed by atoms with Crippen LogP contribution < -0.4 is 4.74 Å². The molecule has 5 heteroatoms. The summed E-state index contributed by atoms with van der Waals surface area (Å²) < 4.78 is 12.1. The smallest absolute Gasteiger partial charge is 0.260 e. The average molecular weight is 423 g/mol. The van der Waals surface area contributed by atoms with Crippen molar-refractivity contribution >= 4 is 5.91 Å². The summed E-state index contributed by atoms with van der Waals surface area (Å²) in [4.78, 5) is 16.9. The van der Waals surface area contributed by atoms with E-state index in [1.807, 2.05) is 36.1 Å². The molecule has 2 aromatic rings. The van der Waals surface area contributed by atoms with E-state index in [-0.39, 0.29) is 18.6 Å². The third-order valence-corrected chi connectivity index (χ3v) is 6.32. The fraction of sp³-hybridized carbons (Fsp3) is 0.500. The van der Waals surface area contributed by atoms with Gasteiger partial charge in [-0.3, -0.25) is 9.69 Å². The molecule has 4 rings (SSSR count). The lowest BCUT2D eigenvalue weighted by atomic mass is 10.0. The van der Waals surface area contributed by atoms with Crippen molar-refractivity contribution in [3.8, 4) is 5.75 Å². The minimum absolute atomic E-state index is 0.0641. The molecule has 166 valence electrons. The van der Waals surface area contributed by atoms with Crippen molar-refractivity contribution in [3.05, 3.63) is 65.7 Å². The van der Waals surface area contributed by atoms with Crippen LogP contribution in [0.15, 0.2) is 54.6 Å². The number of carbonyl (C=O) groups is 1. The number of piperidine rings is 2. The first-order valence-electron chi connectivity index (χ1n) is 11.5. The van der Waals surface area contributed by atoms with Gasteiger partial charge in [-0.15, -0.1) is 0 Å². The lowest BCUT2D eigenvalue weighted by Crippen LogP contribution is -2.45. The van der Waals surface area contributed by atoms with E-state index >= 15 is 0 Å². The molecular weight excluding hydrogens is 388 g/mol. The van der Waals surface area contributed by atoms with Gasteiger partial charge in [-0.25, -0.2) is 0 Å². The van der Waals surface area contributed by atoms with Crippen molar-refractivity contribution in [1.82, 2.24) is 9.80 Å². The summed E-state index contributed by atoms with van der Waals surface area (Å²) >= 11 is 0. The van der Waals surface area contributed by atoms with Gasteiger partial charge < -0.3 is 14.4 Å². The second kappa shape index (κ2) is 10.8. The zero-order valence-corrected chi connectivity index (χ0v) is 18.5. The first-order chi connectivity index (χ1) is 15.2. The summed E-state index contributed by atoms with van der Waals surface area (Å²) in [6.45, 7) is 6.85. The summed E-state index contributed by atoms with van der Waals surface area (Å²) in [6, 6.07) is 18.5. The van der Waals surface area contributed by atoms with E-state index in [1.165, 1.54) is 5.56 Å². The van der Waals surface area contributed by atoms with Gasteiger partial charge in [0.15, 0.2) is 6.61 Å². The number of likely N-dealkylation sites (tertiary alicyclic amines) is 2. The summed E-state index contributed by atoms with van der Waals surface area (Å²) in [5.41, 5.74) is 2.51. The third-order valence-electron chi connectivity index (χ3n) is 6.32. The topological polar surface area (TPSA) is 42.0 Å². The molecule has 0 unspecified atom stereocenters. The monoisotopic (exact) mass is 422 g/mol. The van der Waals surface area contributed by atoms with Crippen LogP contribution in [0.2, 0.25) is 0 Å². The summed E-state index contributed by atoms with van der Waals surface area (Å²) in [5.74, 6) is 0.819. The van der Waals surface area contributed by atoms with Crippen LogP contribution in [-0.2, 0) is 16.1 Å². The van der Waals surface area contributed by atoms with Crippen molar-refractivity contribution < 1.29 is 14.3 Å². The normalized spacial score (nSPS) is 18.8. The molecule has 31 heavy (non-hydrogen) atoms. The highest BCUT2D eigenvalue weighted by Crippen LogP contribution is 2.22. The van der Waals surface area contributed by atoms with Gasteiger partial charge in [0.2, 0.25) is 0 Å². The van der Waals surface area contributed by atoms with Crippen LogP contribution in [-0.4, -0.2) is 60.7 Å². The molecule has 2 heterocycles. The molecule has 2 aliphatic rings. The summed E-state index contributed by atoms with van der Waals surface area (Å²) in [6.07, 6.45) is 4.64. The molecular formula is C26H34N2O3. The zero-order valence-electron chi connectivity index (χ0n) is 18.5. The van der Waals surface area contributed by atoms with Gasteiger partial charge >= 0.3 is 0 Å². The van der Waals surface area contributed by atoms with E-state index in [2.05, 4.69) is 35.2 Å². The van der Waals surface area contributed by atoms with E-state index in [4.69, 9.17) is 9.47 Å². The van der Waals surface area contributed by atoms with Crippen molar-refractivity contribution in [2.75, 3.05) is 32.8 Å². The van der Waals surface area contributed by atoms with E-state index in [0.717, 1.165) is 69.7 Å². The molecule has 0 atom stereocenters. The lowest BCUT2D eigenvalue weighted by molar-refractivity contribution is -0.137. The Hall–Kier alpha value is -2.37. The van der Waals surface area contributed by atoms with Gasteiger partial charge in [0.25, 0.3) is 5.91 Å². The Morgan fingerprint density at radius 2 is 1.58 bits per heavy atom. The van der Waals surface area contributed by atoms with E-state index in [0.29, 0.717) is 6.10 Å². The maximum Gasteiger partial charge on any atom is 0.260 e. The Morgan fingerprint density at radius 3 is 2.26 bits per heavy atom. The molecule has 2 aliphatic heterocycles. The predicted molar refractivity (Wildman–Crippen MR) is 122 cm³/mol. The average Bonchev–Trinajstić information content (AvgIpc) is 2.80. The Morgan fingerprint density at radius 1 is 0.903 bits per heavy atom. The number of hydrogen-bond acceptors (Lipinski definition) is 4. The first-order valence-corrected chi connectivity index (χ1v) is 11.5. The molecule has 0 aromatic heterocycles. The van der Waals surface area contributed by atoms with Gasteiger partial charge in [-0.05, 0) is 55.9 Å². The third kappa shape index (κ3) is 6.55. The molecule has 2 fully saturated rings. The maximum absolute atomic E-state index is 12.5. The summed E-state index contributed by atoms with van der Waals surface area (Å²) in [5, 5.41) is 0. The molecule has 1 amide bonds. The van der Waals surface area contributed by atoms with Crippen LogP contribution in [0.1, 0.15) is 36.8 Å².